The highest BCUT2D eigenvalue weighted by molar-refractivity contribution is 7.92. The lowest BCUT2D eigenvalue weighted by molar-refractivity contribution is -0.140. The highest BCUT2D eigenvalue weighted by Crippen LogP contribution is 2.22. The number of hydrogen-bond acceptors (Lipinski definition) is 4. The molecule has 0 saturated heterocycles. The maximum Gasteiger partial charge on any atom is 0.242 e. The van der Waals surface area contributed by atoms with E-state index < -0.39 is 16.1 Å². The van der Waals surface area contributed by atoms with E-state index in [-0.39, 0.29) is 31.3 Å². The molecule has 2 rings (SSSR count). The molecule has 0 heterocycles. The van der Waals surface area contributed by atoms with Crippen LogP contribution >= 0.6 is 11.6 Å². The van der Waals surface area contributed by atoms with Gasteiger partial charge < -0.3 is 10.2 Å². The second kappa shape index (κ2) is 13.7. The molecule has 198 valence electrons. The average molecular weight is 536 g/mol. The number of halogens is 1. The van der Waals surface area contributed by atoms with Crippen molar-refractivity contribution in [3.8, 4) is 0 Å². The van der Waals surface area contributed by atoms with Crippen LogP contribution in [-0.4, -0.2) is 50.5 Å². The molecule has 2 aromatic carbocycles. The van der Waals surface area contributed by atoms with Gasteiger partial charge in [-0.25, -0.2) is 8.42 Å². The predicted molar refractivity (Wildman–Crippen MR) is 147 cm³/mol. The monoisotopic (exact) mass is 535 g/mol. The van der Waals surface area contributed by atoms with Crippen LogP contribution in [0.15, 0.2) is 42.5 Å². The Morgan fingerprint density at radius 2 is 1.69 bits per heavy atom. The van der Waals surface area contributed by atoms with Crippen LogP contribution in [0.3, 0.4) is 0 Å². The Balaban J connectivity index is 2.15. The van der Waals surface area contributed by atoms with Gasteiger partial charge in [0.15, 0.2) is 0 Å². The first-order chi connectivity index (χ1) is 16.9. The molecule has 0 bridgehead atoms. The van der Waals surface area contributed by atoms with Gasteiger partial charge in [-0.05, 0) is 74.6 Å². The van der Waals surface area contributed by atoms with E-state index in [0.717, 1.165) is 29.5 Å². The van der Waals surface area contributed by atoms with Crippen LogP contribution in [0.25, 0.3) is 0 Å². The smallest absolute Gasteiger partial charge is 0.242 e. The first-order valence-electron chi connectivity index (χ1n) is 12.3. The number of sulfonamides is 1. The molecule has 0 unspecified atom stereocenters. The van der Waals surface area contributed by atoms with Crippen molar-refractivity contribution in [2.45, 2.75) is 66.0 Å². The Kier molecular flexibility index (Phi) is 11.2. The molecular formula is C27H38ClN3O4S. The third kappa shape index (κ3) is 8.82. The van der Waals surface area contributed by atoms with E-state index >= 15 is 0 Å². The van der Waals surface area contributed by atoms with Gasteiger partial charge in [-0.2, -0.15) is 0 Å². The Labute approximate surface area is 220 Å². The number of anilines is 1. The minimum atomic E-state index is -3.53. The second-order valence-corrected chi connectivity index (χ2v) is 11.5. The van der Waals surface area contributed by atoms with Gasteiger partial charge in [0.1, 0.15) is 6.04 Å². The summed E-state index contributed by atoms with van der Waals surface area (Å²) in [6.07, 6.45) is 3.42. The number of amides is 2. The van der Waals surface area contributed by atoms with Gasteiger partial charge in [0.05, 0.1) is 11.9 Å². The Morgan fingerprint density at radius 1 is 1.03 bits per heavy atom. The van der Waals surface area contributed by atoms with Crippen molar-refractivity contribution < 1.29 is 18.0 Å². The number of hydrogen-bond donors (Lipinski definition) is 1. The van der Waals surface area contributed by atoms with Gasteiger partial charge >= 0.3 is 0 Å². The molecule has 9 heteroatoms. The number of rotatable bonds is 13. The van der Waals surface area contributed by atoms with Gasteiger partial charge in [0.25, 0.3) is 0 Å². The molecule has 0 aliphatic carbocycles. The molecule has 0 spiro atoms. The molecule has 0 aliphatic heterocycles. The van der Waals surface area contributed by atoms with Crippen LogP contribution in [0.5, 0.6) is 0 Å². The molecule has 0 aliphatic rings. The Morgan fingerprint density at radius 3 is 2.28 bits per heavy atom. The van der Waals surface area contributed by atoms with E-state index in [1.54, 1.807) is 30.0 Å². The molecule has 2 amide bonds. The fraction of sp³-hybridized carbons (Fsp3) is 0.481. The first-order valence-corrected chi connectivity index (χ1v) is 14.5. The molecule has 0 saturated carbocycles. The number of carbonyl (C=O) groups is 2. The SMILES string of the molecule is CCCCNC(=O)[C@H](C)N(Cc1ccc(Cl)cc1)C(=O)CCCN(c1ccc(C)c(C)c1)S(C)(=O)=O. The lowest BCUT2D eigenvalue weighted by atomic mass is 10.1. The number of nitrogens with zero attached hydrogens (tertiary/aromatic N) is 2. The van der Waals surface area contributed by atoms with Crippen molar-refractivity contribution >= 4 is 39.1 Å². The van der Waals surface area contributed by atoms with Crippen LogP contribution < -0.4 is 9.62 Å². The van der Waals surface area contributed by atoms with Crippen LogP contribution in [0.4, 0.5) is 5.69 Å². The number of benzene rings is 2. The lowest BCUT2D eigenvalue weighted by Crippen LogP contribution is -2.47. The Bertz CT molecular complexity index is 1140. The van der Waals surface area contributed by atoms with Gasteiger partial charge in [0, 0.05) is 31.1 Å². The number of carbonyl (C=O) groups excluding carboxylic acids is 2. The molecule has 0 radical (unpaired) electrons. The summed E-state index contributed by atoms with van der Waals surface area (Å²) in [6.45, 7) is 8.64. The van der Waals surface area contributed by atoms with Crippen molar-refractivity contribution in [3.05, 3.63) is 64.2 Å². The molecule has 0 aromatic heterocycles. The molecule has 7 nitrogen and oxygen atoms in total. The molecule has 1 atom stereocenters. The van der Waals surface area contributed by atoms with Gasteiger partial charge in [-0.15, -0.1) is 0 Å². The zero-order valence-corrected chi connectivity index (χ0v) is 23.5. The normalized spacial score (nSPS) is 12.2. The summed E-state index contributed by atoms with van der Waals surface area (Å²) in [5, 5.41) is 3.49. The quantitative estimate of drug-likeness (QED) is 0.372. The molecular weight excluding hydrogens is 498 g/mol. The summed E-state index contributed by atoms with van der Waals surface area (Å²) < 4.78 is 26.3. The first kappa shape index (κ1) is 29.6. The van der Waals surface area contributed by atoms with Crippen molar-refractivity contribution in [2.24, 2.45) is 0 Å². The van der Waals surface area contributed by atoms with E-state index in [9.17, 15) is 18.0 Å². The van der Waals surface area contributed by atoms with Crippen molar-refractivity contribution in [3.63, 3.8) is 0 Å². The highest BCUT2D eigenvalue weighted by Gasteiger charge is 2.26. The maximum atomic E-state index is 13.3. The van der Waals surface area contributed by atoms with Crippen LogP contribution in [0, 0.1) is 13.8 Å². The van der Waals surface area contributed by atoms with E-state index in [0.29, 0.717) is 23.7 Å². The molecule has 1 N–H and O–H groups in total. The topological polar surface area (TPSA) is 86.8 Å². The van der Waals surface area contributed by atoms with Crippen molar-refractivity contribution in [1.29, 1.82) is 0 Å². The lowest BCUT2D eigenvalue weighted by Gasteiger charge is -2.29. The second-order valence-electron chi connectivity index (χ2n) is 9.18. The fourth-order valence-electron chi connectivity index (χ4n) is 3.79. The largest absolute Gasteiger partial charge is 0.354 e. The zero-order valence-electron chi connectivity index (χ0n) is 21.9. The van der Waals surface area contributed by atoms with Gasteiger partial charge in [-0.3, -0.25) is 13.9 Å². The minimum Gasteiger partial charge on any atom is -0.354 e. The highest BCUT2D eigenvalue weighted by atomic mass is 35.5. The van der Waals surface area contributed by atoms with E-state index in [1.807, 2.05) is 45.0 Å². The van der Waals surface area contributed by atoms with E-state index in [4.69, 9.17) is 11.6 Å². The number of aryl methyl sites for hydroxylation is 2. The Hall–Kier alpha value is -2.58. The van der Waals surface area contributed by atoms with Crippen molar-refractivity contribution in [2.75, 3.05) is 23.7 Å². The minimum absolute atomic E-state index is 0.108. The molecule has 0 fully saturated rings. The third-order valence-corrected chi connectivity index (χ3v) is 7.64. The van der Waals surface area contributed by atoms with Crippen LogP contribution in [0.2, 0.25) is 5.02 Å². The number of unbranched alkanes of at least 4 members (excludes halogenated alkanes) is 1. The predicted octanol–water partition coefficient (Wildman–Crippen LogP) is 4.84. The van der Waals surface area contributed by atoms with E-state index in [1.165, 1.54) is 10.6 Å². The zero-order chi connectivity index (χ0) is 26.9. The summed E-state index contributed by atoms with van der Waals surface area (Å²) in [5.74, 6) is -0.421. The molecule has 2 aromatic rings. The summed E-state index contributed by atoms with van der Waals surface area (Å²) in [5.41, 5.74) is 3.50. The van der Waals surface area contributed by atoms with Crippen LogP contribution in [0.1, 0.15) is 56.2 Å². The summed E-state index contributed by atoms with van der Waals surface area (Å²) >= 11 is 6.00. The third-order valence-electron chi connectivity index (χ3n) is 6.19. The summed E-state index contributed by atoms with van der Waals surface area (Å²) in [7, 11) is -3.53. The molecule has 36 heavy (non-hydrogen) atoms. The van der Waals surface area contributed by atoms with E-state index in [2.05, 4.69) is 5.32 Å². The van der Waals surface area contributed by atoms with Crippen LogP contribution in [-0.2, 0) is 26.2 Å². The summed E-state index contributed by atoms with van der Waals surface area (Å²) in [6, 6.07) is 12.0. The fourth-order valence-corrected chi connectivity index (χ4v) is 4.87. The van der Waals surface area contributed by atoms with Gasteiger partial charge in [0.2, 0.25) is 21.8 Å². The van der Waals surface area contributed by atoms with Crippen molar-refractivity contribution in [1.82, 2.24) is 10.2 Å². The maximum absolute atomic E-state index is 13.3. The van der Waals surface area contributed by atoms with Gasteiger partial charge in [-0.1, -0.05) is 43.1 Å². The summed E-state index contributed by atoms with van der Waals surface area (Å²) in [4.78, 5) is 27.6. The standard InChI is InChI=1S/C27H38ClN3O4S/c1-6-7-16-29-27(33)22(4)30(19-23-11-13-24(28)14-12-23)26(32)9-8-17-31(36(5,34)35)25-15-10-20(2)21(3)18-25/h10-15,18,22H,6-9,16-17,19H2,1-5H3,(H,29,33)/t22-/m0/s1. The average Bonchev–Trinajstić information content (AvgIpc) is 2.82. The number of nitrogens with one attached hydrogen (secondary N) is 1.